The van der Waals surface area contributed by atoms with E-state index in [1.807, 2.05) is 4.90 Å². The monoisotopic (exact) mass is 393 g/mol. The molecule has 0 fully saturated rings. The molecule has 0 saturated heterocycles. The minimum atomic E-state index is -0.607. The fourth-order valence-electron chi connectivity index (χ4n) is 3.50. The number of aromatic hydroxyl groups is 1. The minimum Gasteiger partial charge on any atom is -0.502 e. The Morgan fingerprint density at radius 3 is 2.72 bits per heavy atom. The molecule has 0 bridgehead atoms. The van der Waals surface area contributed by atoms with Gasteiger partial charge in [-0.05, 0) is 30.7 Å². The zero-order chi connectivity index (χ0) is 20.5. The normalized spacial score (nSPS) is 13.8. The molecule has 2 heterocycles. The zero-order valence-electron chi connectivity index (χ0n) is 15.5. The molecular weight excluding hydrogens is 374 g/mol. The zero-order valence-corrected chi connectivity index (χ0v) is 15.5. The van der Waals surface area contributed by atoms with Crippen LogP contribution in [0.3, 0.4) is 0 Å². The molecular formula is C20H19N5O4. The van der Waals surface area contributed by atoms with Gasteiger partial charge in [0.15, 0.2) is 5.75 Å². The highest BCUT2D eigenvalue weighted by molar-refractivity contribution is 5.59. The van der Waals surface area contributed by atoms with Crippen molar-refractivity contribution in [3.63, 3.8) is 0 Å². The van der Waals surface area contributed by atoms with Crippen LogP contribution in [0.4, 0.5) is 11.4 Å². The van der Waals surface area contributed by atoms with Gasteiger partial charge in [0.05, 0.1) is 10.6 Å². The van der Waals surface area contributed by atoms with Crippen molar-refractivity contribution in [2.45, 2.75) is 19.5 Å². The Morgan fingerprint density at radius 1 is 1.24 bits per heavy atom. The van der Waals surface area contributed by atoms with E-state index in [4.69, 9.17) is 5.73 Å². The van der Waals surface area contributed by atoms with Crippen LogP contribution >= 0.6 is 0 Å². The summed E-state index contributed by atoms with van der Waals surface area (Å²) in [5.41, 5.74) is 8.38. The number of phenols is 1. The van der Waals surface area contributed by atoms with Crippen LogP contribution in [0.2, 0.25) is 0 Å². The van der Waals surface area contributed by atoms with E-state index < -0.39 is 4.92 Å². The molecule has 0 spiro atoms. The smallest absolute Gasteiger partial charge is 0.311 e. The number of aromatic amines is 1. The van der Waals surface area contributed by atoms with E-state index in [9.17, 15) is 20.0 Å². The van der Waals surface area contributed by atoms with E-state index in [0.717, 1.165) is 5.56 Å². The van der Waals surface area contributed by atoms with Gasteiger partial charge in [-0.3, -0.25) is 19.8 Å². The standard InChI is InChI=1S/C20H19N5O4/c21-14-6-4-12(5-7-14)19-22-16-11-24(9-8-15(16)20(27)23-19)10-13-2-1-3-17(18(13)26)25(28)29/h1-7,26H,8-11,21H2,(H,22,23,27). The number of nitrogen functional groups attached to an aromatic ring is 1. The number of benzene rings is 2. The summed E-state index contributed by atoms with van der Waals surface area (Å²) in [7, 11) is 0. The highest BCUT2D eigenvalue weighted by Gasteiger charge is 2.24. The number of aromatic nitrogens is 2. The van der Waals surface area contributed by atoms with Gasteiger partial charge < -0.3 is 15.8 Å². The Bertz CT molecular complexity index is 1140. The van der Waals surface area contributed by atoms with Crippen molar-refractivity contribution >= 4 is 11.4 Å². The number of nitrogens with zero attached hydrogens (tertiary/aromatic N) is 3. The van der Waals surface area contributed by atoms with Crippen molar-refractivity contribution in [2.24, 2.45) is 0 Å². The van der Waals surface area contributed by atoms with Gasteiger partial charge in [0, 0.05) is 48.1 Å². The molecule has 2 aromatic carbocycles. The molecule has 9 heteroatoms. The summed E-state index contributed by atoms with van der Waals surface area (Å²) in [4.78, 5) is 32.4. The number of hydrogen-bond donors (Lipinski definition) is 3. The lowest BCUT2D eigenvalue weighted by molar-refractivity contribution is -0.385. The molecule has 4 rings (SSSR count). The van der Waals surface area contributed by atoms with E-state index in [-0.39, 0.29) is 17.0 Å². The lowest BCUT2D eigenvalue weighted by Crippen LogP contribution is -2.35. The average Bonchev–Trinajstić information content (AvgIpc) is 2.69. The Kier molecular flexibility index (Phi) is 4.73. The van der Waals surface area contributed by atoms with Gasteiger partial charge in [-0.2, -0.15) is 0 Å². The first kappa shape index (κ1) is 18.6. The van der Waals surface area contributed by atoms with Crippen molar-refractivity contribution in [2.75, 3.05) is 12.3 Å². The molecule has 0 saturated carbocycles. The molecule has 148 valence electrons. The third-order valence-electron chi connectivity index (χ3n) is 5.03. The molecule has 29 heavy (non-hydrogen) atoms. The van der Waals surface area contributed by atoms with Gasteiger partial charge in [0.2, 0.25) is 0 Å². The third kappa shape index (κ3) is 3.67. The first-order valence-electron chi connectivity index (χ1n) is 9.08. The third-order valence-corrected chi connectivity index (χ3v) is 5.03. The maximum atomic E-state index is 12.5. The Hall–Kier alpha value is -3.72. The van der Waals surface area contributed by atoms with Crippen LogP contribution in [0.1, 0.15) is 16.8 Å². The predicted octanol–water partition coefficient (Wildman–Crippen LogP) is 2.19. The number of H-pyrrole nitrogens is 1. The molecule has 1 aliphatic heterocycles. The van der Waals surface area contributed by atoms with E-state index in [2.05, 4.69) is 9.97 Å². The van der Waals surface area contributed by atoms with Gasteiger partial charge in [-0.1, -0.05) is 12.1 Å². The summed E-state index contributed by atoms with van der Waals surface area (Å²) in [6.45, 7) is 1.31. The molecule has 4 N–H and O–H groups in total. The van der Waals surface area contributed by atoms with Crippen molar-refractivity contribution < 1.29 is 10.0 Å². The largest absolute Gasteiger partial charge is 0.502 e. The van der Waals surface area contributed by atoms with Crippen LogP contribution in [0, 0.1) is 10.1 Å². The summed E-state index contributed by atoms with van der Waals surface area (Å²) in [5, 5.41) is 21.2. The Labute approximate surface area is 165 Å². The number of nitro benzene ring substituents is 1. The van der Waals surface area contributed by atoms with E-state index >= 15 is 0 Å². The second-order valence-electron chi connectivity index (χ2n) is 6.96. The highest BCUT2D eigenvalue weighted by Crippen LogP contribution is 2.31. The summed E-state index contributed by atoms with van der Waals surface area (Å²) in [5.74, 6) is 0.138. The van der Waals surface area contributed by atoms with Crippen molar-refractivity contribution in [3.8, 4) is 17.1 Å². The van der Waals surface area contributed by atoms with E-state index in [0.29, 0.717) is 54.4 Å². The van der Waals surface area contributed by atoms with Gasteiger partial charge in [-0.15, -0.1) is 0 Å². The highest BCUT2D eigenvalue weighted by atomic mass is 16.6. The van der Waals surface area contributed by atoms with Crippen LogP contribution in [-0.2, 0) is 19.5 Å². The Balaban J connectivity index is 1.61. The molecule has 0 unspecified atom stereocenters. The van der Waals surface area contributed by atoms with E-state index in [1.165, 1.54) is 6.07 Å². The lowest BCUT2D eigenvalue weighted by Gasteiger charge is -2.27. The molecule has 9 nitrogen and oxygen atoms in total. The second-order valence-corrected chi connectivity index (χ2v) is 6.96. The maximum Gasteiger partial charge on any atom is 0.311 e. The van der Waals surface area contributed by atoms with Crippen molar-refractivity contribution in [3.05, 3.63) is 79.8 Å². The molecule has 0 atom stereocenters. The van der Waals surface area contributed by atoms with Gasteiger partial charge in [0.25, 0.3) is 5.56 Å². The van der Waals surface area contributed by atoms with Crippen LogP contribution in [0.25, 0.3) is 11.4 Å². The number of fused-ring (bicyclic) bond motifs is 1. The molecule has 1 aromatic heterocycles. The first-order valence-corrected chi connectivity index (χ1v) is 9.08. The molecule has 0 amide bonds. The van der Waals surface area contributed by atoms with E-state index in [1.54, 1.807) is 36.4 Å². The number of anilines is 1. The maximum absolute atomic E-state index is 12.5. The molecule has 0 aliphatic carbocycles. The second kappa shape index (κ2) is 7.36. The topological polar surface area (TPSA) is 138 Å². The number of hydrogen-bond acceptors (Lipinski definition) is 7. The summed E-state index contributed by atoms with van der Waals surface area (Å²) in [6.07, 6.45) is 0.509. The number of para-hydroxylation sites is 1. The summed E-state index contributed by atoms with van der Waals surface area (Å²) in [6, 6.07) is 11.5. The van der Waals surface area contributed by atoms with Crippen LogP contribution in [0.15, 0.2) is 47.3 Å². The SMILES string of the molecule is Nc1ccc(-c2nc3c(c(=O)[nH]2)CCN(Cc2cccc([N+](=O)[O-])c2O)C3)cc1. The molecule has 0 radical (unpaired) electrons. The fourth-order valence-corrected chi connectivity index (χ4v) is 3.50. The quantitative estimate of drug-likeness (QED) is 0.351. The predicted molar refractivity (Wildman–Crippen MR) is 107 cm³/mol. The number of nitro groups is 1. The van der Waals surface area contributed by atoms with Crippen LogP contribution < -0.4 is 11.3 Å². The Morgan fingerprint density at radius 2 is 2.00 bits per heavy atom. The summed E-state index contributed by atoms with van der Waals surface area (Å²) >= 11 is 0. The van der Waals surface area contributed by atoms with Crippen LogP contribution in [0.5, 0.6) is 5.75 Å². The molecule has 1 aliphatic rings. The van der Waals surface area contributed by atoms with Crippen molar-refractivity contribution in [1.29, 1.82) is 0 Å². The fraction of sp³-hybridized carbons (Fsp3) is 0.200. The number of rotatable bonds is 4. The molecule has 3 aromatic rings. The number of phenolic OH excluding ortho intramolecular Hbond substituents is 1. The van der Waals surface area contributed by atoms with Gasteiger partial charge >= 0.3 is 5.69 Å². The summed E-state index contributed by atoms with van der Waals surface area (Å²) < 4.78 is 0. The first-order chi connectivity index (χ1) is 13.9. The van der Waals surface area contributed by atoms with Crippen LogP contribution in [-0.4, -0.2) is 31.4 Å². The van der Waals surface area contributed by atoms with Gasteiger partial charge in [0.1, 0.15) is 5.82 Å². The number of nitrogens with two attached hydrogens (primary N) is 1. The van der Waals surface area contributed by atoms with Crippen molar-refractivity contribution in [1.82, 2.24) is 14.9 Å². The average molecular weight is 393 g/mol. The minimum absolute atomic E-state index is 0.167. The van der Waals surface area contributed by atoms with Gasteiger partial charge in [-0.25, -0.2) is 4.98 Å². The number of nitrogens with one attached hydrogen (secondary N) is 1. The lowest BCUT2D eigenvalue weighted by atomic mass is 10.0.